The molecular formula is C29H36O3SSi. The third kappa shape index (κ3) is 6.02. The lowest BCUT2D eigenvalue weighted by Gasteiger charge is -2.42. The number of aryl methyl sites for hydroxylation is 1. The van der Waals surface area contributed by atoms with Crippen LogP contribution in [0, 0.1) is 6.92 Å². The van der Waals surface area contributed by atoms with Gasteiger partial charge in [0, 0.05) is 4.90 Å². The van der Waals surface area contributed by atoms with Crippen LogP contribution in [0.15, 0.2) is 101 Å². The average molecular weight is 493 g/mol. The van der Waals surface area contributed by atoms with E-state index in [-0.39, 0.29) is 10.8 Å². The minimum absolute atomic E-state index is 0.108. The van der Waals surface area contributed by atoms with Gasteiger partial charge in [-0.25, -0.2) is 0 Å². The number of aliphatic hydroxyl groups excluding tert-OH is 1. The fourth-order valence-corrected chi connectivity index (χ4v) is 9.93. The Kier molecular flexibility index (Phi) is 8.82. The Morgan fingerprint density at radius 2 is 1.44 bits per heavy atom. The molecule has 34 heavy (non-hydrogen) atoms. The first kappa shape index (κ1) is 26.3. The summed E-state index contributed by atoms with van der Waals surface area (Å²) in [5, 5.41) is 13.1. The van der Waals surface area contributed by atoms with Crippen molar-refractivity contribution in [2.24, 2.45) is 0 Å². The summed E-state index contributed by atoms with van der Waals surface area (Å²) in [6.45, 7) is 11.0. The molecule has 0 spiro atoms. The Morgan fingerprint density at radius 1 is 0.941 bits per heavy atom. The number of rotatable bonds is 9. The van der Waals surface area contributed by atoms with Gasteiger partial charge < -0.3 is 9.53 Å². The normalized spacial score (nSPS) is 14.6. The lowest BCUT2D eigenvalue weighted by molar-refractivity contribution is 0.232. The summed E-state index contributed by atoms with van der Waals surface area (Å²) >= 11 is 0. The summed E-state index contributed by atoms with van der Waals surface area (Å²) in [7, 11) is -3.89. The lowest BCUT2D eigenvalue weighted by atomic mass is 10.2. The molecule has 0 fully saturated rings. The second-order valence-electron chi connectivity index (χ2n) is 9.76. The van der Waals surface area contributed by atoms with E-state index in [1.165, 1.54) is 10.4 Å². The molecule has 5 heteroatoms. The molecule has 3 aromatic carbocycles. The van der Waals surface area contributed by atoms with Crippen molar-refractivity contribution < 1.29 is 13.7 Å². The van der Waals surface area contributed by atoms with Gasteiger partial charge in [0.25, 0.3) is 8.32 Å². The first-order valence-corrected chi connectivity index (χ1v) is 14.9. The number of aliphatic hydroxyl groups is 1. The van der Waals surface area contributed by atoms with Crippen LogP contribution in [0.4, 0.5) is 0 Å². The molecule has 3 nitrogen and oxygen atoms in total. The van der Waals surface area contributed by atoms with Gasteiger partial charge in [-0.15, -0.1) is 0 Å². The van der Waals surface area contributed by atoms with Gasteiger partial charge in [-0.1, -0.05) is 105 Å². The Hall–Kier alpha value is -2.31. The van der Waals surface area contributed by atoms with Gasteiger partial charge >= 0.3 is 0 Å². The quantitative estimate of drug-likeness (QED) is 0.338. The van der Waals surface area contributed by atoms with E-state index in [0.717, 1.165) is 16.0 Å². The van der Waals surface area contributed by atoms with Gasteiger partial charge in [-0.2, -0.15) is 0 Å². The average Bonchev–Trinajstić information content (AvgIpc) is 2.82. The SMILES string of the molecule is C/C(=C/CO[Si](c1ccccc1)(c1ccccc1)C(C)(C)C)[C@H](O)CS(=O)c1ccc(C)cc1. The Balaban J connectivity index is 1.82. The predicted octanol–water partition coefficient (Wildman–Crippen LogP) is 4.99. The summed E-state index contributed by atoms with van der Waals surface area (Å²) in [5.74, 6) is 0.171. The second-order valence-corrected chi connectivity index (χ2v) is 15.6. The van der Waals surface area contributed by atoms with Crippen LogP contribution in [0.3, 0.4) is 0 Å². The van der Waals surface area contributed by atoms with Gasteiger partial charge in [-0.3, -0.25) is 4.21 Å². The molecule has 1 unspecified atom stereocenters. The molecule has 3 aromatic rings. The molecular weight excluding hydrogens is 456 g/mol. The summed E-state index contributed by atoms with van der Waals surface area (Å²) in [6, 6.07) is 28.6. The first-order chi connectivity index (χ1) is 16.1. The maximum absolute atomic E-state index is 12.7. The Bertz CT molecular complexity index is 1060. The molecule has 0 aliphatic heterocycles. The van der Waals surface area contributed by atoms with Crippen LogP contribution in [-0.2, 0) is 15.2 Å². The molecule has 0 heterocycles. The Labute approximate surface area is 208 Å². The van der Waals surface area contributed by atoms with Crippen LogP contribution in [0.2, 0.25) is 5.04 Å². The van der Waals surface area contributed by atoms with Crippen molar-refractivity contribution in [2.45, 2.75) is 50.7 Å². The van der Waals surface area contributed by atoms with Crippen LogP contribution in [0.25, 0.3) is 0 Å². The number of hydrogen-bond donors (Lipinski definition) is 1. The topological polar surface area (TPSA) is 46.5 Å². The molecule has 2 atom stereocenters. The van der Waals surface area contributed by atoms with E-state index in [0.29, 0.717) is 6.61 Å². The number of benzene rings is 3. The van der Waals surface area contributed by atoms with Crippen molar-refractivity contribution in [3.63, 3.8) is 0 Å². The van der Waals surface area contributed by atoms with Crippen LogP contribution in [0.1, 0.15) is 33.3 Å². The van der Waals surface area contributed by atoms with E-state index < -0.39 is 25.2 Å². The zero-order valence-corrected chi connectivity index (χ0v) is 22.6. The molecule has 0 aromatic heterocycles. The monoisotopic (exact) mass is 492 g/mol. The fraction of sp³-hybridized carbons (Fsp3) is 0.310. The van der Waals surface area contributed by atoms with Crippen LogP contribution in [0.5, 0.6) is 0 Å². The molecule has 0 saturated heterocycles. The van der Waals surface area contributed by atoms with Crippen molar-refractivity contribution in [1.82, 2.24) is 0 Å². The predicted molar refractivity (Wildman–Crippen MR) is 146 cm³/mol. The third-order valence-electron chi connectivity index (χ3n) is 6.24. The lowest BCUT2D eigenvalue weighted by Crippen LogP contribution is -2.66. The van der Waals surface area contributed by atoms with Gasteiger partial charge in [0.2, 0.25) is 0 Å². The first-order valence-electron chi connectivity index (χ1n) is 11.7. The molecule has 0 radical (unpaired) electrons. The summed E-state index contributed by atoms with van der Waals surface area (Å²) in [6.07, 6.45) is 1.15. The molecule has 1 N–H and O–H groups in total. The van der Waals surface area contributed by atoms with Gasteiger partial charge in [0.15, 0.2) is 0 Å². The standard InChI is InChI=1S/C29H36O3SSi/c1-23-16-18-25(19-17-23)33(31)22-28(30)24(2)20-21-32-34(29(3,4)5,26-12-8-6-9-13-26)27-14-10-7-11-15-27/h6-20,28,30H,21-22H2,1-5H3/b24-20-/t28-,33?/m1/s1. The van der Waals surface area contributed by atoms with Crippen molar-refractivity contribution in [1.29, 1.82) is 0 Å². The molecule has 180 valence electrons. The second kappa shape index (κ2) is 11.4. The Morgan fingerprint density at radius 3 is 1.91 bits per heavy atom. The minimum Gasteiger partial charge on any atom is -0.404 e. The third-order valence-corrected chi connectivity index (χ3v) is 12.7. The van der Waals surface area contributed by atoms with Crippen molar-refractivity contribution in [3.8, 4) is 0 Å². The minimum atomic E-state index is -2.63. The van der Waals surface area contributed by atoms with Gasteiger partial charge in [0.1, 0.15) is 0 Å². The summed E-state index contributed by atoms with van der Waals surface area (Å²) in [5.41, 5.74) is 1.90. The van der Waals surface area contributed by atoms with E-state index in [1.54, 1.807) is 0 Å². The van der Waals surface area contributed by atoms with Crippen LogP contribution in [-0.4, -0.2) is 36.1 Å². The molecule has 3 rings (SSSR count). The highest BCUT2D eigenvalue weighted by Crippen LogP contribution is 2.36. The molecule has 0 aliphatic rings. The van der Waals surface area contributed by atoms with Crippen LogP contribution < -0.4 is 10.4 Å². The summed E-state index contributed by atoms with van der Waals surface area (Å²) in [4.78, 5) is 0.737. The number of hydrogen-bond acceptors (Lipinski definition) is 3. The molecule has 0 amide bonds. The largest absolute Gasteiger partial charge is 0.404 e. The maximum Gasteiger partial charge on any atom is 0.261 e. The molecule has 0 aliphatic carbocycles. The van der Waals surface area contributed by atoms with Crippen LogP contribution >= 0.6 is 0 Å². The fourth-order valence-electron chi connectivity index (χ4n) is 4.26. The highest BCUT2D eigenvalue weighted by atomic mass is 32.2. The van der Waals surface area contributed by atoms with E-state index in [1.807, 2.05) is 56.3 Å². The maximum atomic E-state index is 12.7. The van der Waals surface area contributed by atoms with E-state index >= 15 is 0 Å². The van der Waals surface area contributed by atoms with Gasteiger partial charge in [0.05, 0.1) is 29.3 Å². The summed E-state index contributed by atoms with van der Waals surface area (Å²) < 4.78 is 19.6. The zero-order chi connectivity index (χ0) is 24.8. The van der Waals surface area contributed by atoms with Crippen molar-refractivity contribution in [2.75, 3.05) is 12.4 Å². The van der Waals surface area contributed by atoms with Crippen molar-refractivity contribution >= 4 is 29.5 Å². The molecule has 0 bridgehead atoms. The van der Waals surface area contributed by atoms with Crippen molar-refractivity contribution in [3.05, 3.63) is 102 Å². The highest BCUT2D eigenvalue weighted by molar-refractivity contribution is 7.85. The van der Waals surface area contributed by atoms with E-state index in [2.05, 4.69) is 69.3 Å². The smallest absolute Gasteiger partial charge is 0.261 e. The highest BCUT2D eigenvalue weighted by Gasteiger charge is 2.49. The van der Waals surface area contributed by atoms with Gasteiger partial charge in [-0.05, 0) is 47.0 Å². The zero-order valence-electron chi connectivity index (χ0n) is 20.8. The van der Waals surface area contributed by atoms with E-state index in [9.17, 15) is 9.32 Å². The molecule has 0 saturated carbocycles. The van der Waals surface area contributed by atoms with E-state index in [4.69, 9.17) is 4.43 Å².